The average molecular weight is 610 g/mol. The quantitative estimate of drug-likeness (QED) is 0.0729. The number of amides is 2. The van der Waals surface area contributed by atoms with Gasteiger partial charge in [-0.1, -0.05) is 6.07 Å². The van der Waals surface area contributed by atoms with Gasteiger partial charge in [-0.3, -0.25) is 15.5 Å². The van der Waals surface area contributed by atoms with E-state index in [1.807, 2.05) is 0 Å². The Labute approximate surface area is 251 Å². The minimum Gasteiger partial charge on any atom is -0.496 e. The molecule has 3 aromatic rings. The summed E-state index contributed by atoms with van der Waals surface area (Å²) < 4.78 is 27.4. The second-order valence-electron chi connectivity index (χ2n) is 9.26. The number of urea groups is 1. The van der Waals surface area contributed by atoms with Crippen LogP contribution in [0, 0.1) is 10.1 Å². The molecule has 0 fully saturated rings. The minimum absolute atomic E-state index is 0.112. The lowest BCUT2D eigenvalue weighted by atomic mass is 9.95. The molecule has 0 saturated heterocycles. The van der Waals surface area contributed by atoms with Crippen molar-refractivity contribution in [2.75, 3.05) is 27.4 Å². The van der Waals surface area contributed by atoms with Gasteiger partial charge in [0.2, 0.25) is 0 Å². The molecule has 0 unspecified atom stereocenters. The van der Waals surface area contributed by atoms with Crippen LogP contribution in [0.2, 0.25) is 0 Å². The Kier molecular flexibility index (Phi) is 10.0. The van der Waals surface area contributed by atoms with E-state index in [1.165, 1.54) is 38.6 Å². The summed E-state index contributed by atoms with van der Waals surface area (Å²) in [5.74, 6) is 1.08. The van der Waals surface area contributed by atoms with Crippen molar-refractivity contribution in [3.63, 3.8) is 0 Å². The Hall–Kier alpha value is -5.57. The second kappa shape index (κ2) is 14.1. The van der Waals surface area contributed by atoms with Crippen LogP contribution in [-0.2, 0) is 9.53 Å². The molecule has 2 atom stereocenters. The number of nitrogens with zero attached hydrogens (tertiary/aromatic N) is 2. The summed E-state index contributed by atoms with van der Waals surface area (Å²) in [5.41, 5.74) is 4.11. The van der Waals surface area contributed by atoms with Crippen molar-refractivity contribution in [2.45, 2.75) is 26.1 Å². The van der Waals surface area contributed by atoms with Gasteiger partial charge in [-0.25, -0.2) is 9.59 Å². The van der Waals surface area contributed by atoms with Crippen molar-refractivity contribution >= 4 is 23.9 Å². The number of carbonyl (C=O) groups excluding carboxylic acids is 2. The minimum atomic E-state index is -1.22. The van der Waals surface area contributed by atoms with Crippen LogP contribution in [0.3, 0.4) is 0 Å². The van der Waals surface area contributed by atoms with Crippen molar-refractivity contribution in [2.24, 2.45) is 5.10 Å². The number of hydrogen-bond acceptors (Lipinski definition) is 12. The number of furan rings is 1. The number of ether oxygens (including phenoxy) is 4. The number of aliphatic hydroxyl groups excluding tert-OH is 1. The molecule has 4 N–H and O–H groups in total. The van der Waals surface area contributed by atoms with E-state index >= 15 is 0 Å². The van der Waals surface area contributed by atoms with E-state index in [2.05, 4.69) is 21.2 Å². The van der Waals surface area contributed by atoms with E-state index in [0.29, 0.717) is 46.5 Å². The topological polar surface area (TPSA) is 196 Å². The van der Waals surface area contributed by atoms with Gasteiger partial charge in [0, 0.05) is 11.8 Å². The van der Waals surface area contributed by atoms with Crippen LogP contribution in [-0.4, -0.2) is 61.9 Å². The molecule has 0 spiro atoms. The molecule has 15 heteroatoms. The van der Waals surface area contributed by atoms with Gasteiger partial charge < -0.3 is 39.1 Å². The lowest BCUT2D eigenvalue weighted by Crippen LogP contribution is -2.45. The summed E-state index contributed by atoms with van der Waals surface area (Å²) in [6.45, 7) is 3.49. The van der Waals surface area contributed by atoms with Crippen LogP contribution in [0.1, 0.15) is 31.2 Å². The normalized spacial score (nSPS) is 15.3. The van der Waals surface area contributed by atoms with Crippen LogP contribution in [0.5, 0.6) is 17.2 Å². The van der Waals surface area contributed by atoms with Crippen LogP contribution in [0.15, 0.2) is 69.3 Å². The highest BCUT2D eigenvalue weighted by atomic mass is 16.6. The van der Waals surface area contributed by atoms with E-state index in [-0.39, 0.29) is 23.6 Å². The van der Waals surface area contributed by atoms with Crippen LogP contribution in [0.25, 0.3) is 11.3 Å². The highest BCUT2D eigenvalue weighted by Crippen LogP contribution is 2.36. The van der Waals surface area contributed by atoms with Crippen molar-refractivity contribution in [1.29, 1.82) is 0 Å². The van der Waals surface area contributed by atoms with Gasteiger partial charge in [0.1, 0.15) is 23.9 Å². The van der Waals surface area contributed by atoms with Gasteiger partial charge >= 0.3 is 12.0 Å². The fourth-order valence-electron chi connectivity index (χ4n) is 4.37. The zero-order valence-electron chi connectivity index (χ0n) is 24.3. The molecule has 15 nitrogen and oxygen atoms in total. The van der Waals surface area contributed by atoms with Crippen LogP contribution >= 0.6 is 0 Å². The van der Waals surface area contributed by atoms with Gasteiger partial charge in [-0.2, -0.15) is 5.10 Å². The molecule has 44 heavy (non-hydrogen) atoms. The fraction of sp³-hybridized carbons (Fsp3) is 0.276. The Balaban J connectivity index is 1.40. The highest BCUT2D eigenvalue weighted by Gasteiger charge is 2.32. The predicted molar refractivity (Wildman–Crippen MR) is 156 cm³/mol. The molecule has 2 aromatic carbocycles. The number of rotatable bonds is 13. The highest BCUT2D eigenvalue weighted by molar-refractivity contribution is 5.95. The summed E-state index contributed by atoms with van der Waals surface area (Å²) in [6.07, 6.45) is 0.122. The van der Waals surface area contributed by atoms with Gasteiger partial charge in [0.15, 0.2) is 17.7 Å². The maximum absolute atomic E-state index is 12.4. The standard InChI is InChI=1S/C29H31N5O10/c1-5-42-24-12-17(27-26(28(36)41-4)16(2)31-29(37)32-27)6-10-22(24)43-15-25(35)33-30-14-19-8-11-21(44-19)20-9-7-18(34(38)39)13-23(20)40-3/h6-14,25,27,33,35H,5,15H2,1-4H3,(H2,31,32,37)/b30-14-/t25-,27+/m1/s1. The third-order valence-electron chi connectivity index (χ3n) is 6.38. The number of nitro benzene ring substituents is 1. The molecular weight excluding hydrogens is 578 g/mol. The lowest BCUT2D eigenvalue weighted by molar-refractivity contribution is -0.384. The van der Waals surface area contributed by atoms with Crippen LogP contribution < -0.4 is 30.3 Å². The Bertz CT molecular complexity index is 1600. The van der Waals surface area contributed by atoms with E-state index in [1.54, 1.807) is 44.2 Å². The number of benzene rings is 2. The summed E-state index contributed by atoms with van der Waals surface area (Å²) in [5, 5.41) is 30.7. The molecule has 4 rings (SSSR count). The average Bonchev–Trinajstić information content (AvgIpc) is 3.48. The first-order chi connectivity index (χ1) is 21.1. The first-order valence-corrected chi connectivity index (χ1v) is 13.3. The number of hydrazone groups is 1. The van der Waals surface area contributed by atoms with E-state index < -0.39 is 29.2 Å². The molecule has 0 aliphatic carbocycles. The fourth-order valence-corrected chi connectivity index (χ4v) is 4.37. The predicted octanol–water partition coefficient (Wildman–Crippen LogP) is 3.38. The number of nitrogens with one attached hydrogen (secondary N) is 3. The first-order valence-electron chi connectivity index (χ1n) is 13.3. The maximum atomic E-state index is 12.4. The monoisotopic (exact) mass is 609 g/mol. The number of esters is 1. The van der Waals surface area contributed by atoms with E-state index in [4.69, 9.17) is 23.4 Å². The van der Waals surface area contributed by atoms with E-state index in [0.717, 1.165) is 0 Å². The number of nitro groups is 1. The number of aliphatic hydroxyl groups is 1. The van der Waals surface area contributed by atoms with Crippen molar-refractivity contribution in [1.82, 2.24) is 16.1 Å². The Morgan fingerprint density at radius 2 is 1.95 bits per heavy atom. The molecule has 1 aliphatic rings. The number of non-ortho nitro benzene ring substituents is 1. The molecule has 1 aliphatic heterocycles. The number of allylic oxidation sites excluding steroid dienone is 1. The zero-order chi connectivity index (χ0) is 31.8. The molecule has 0 saturated carbocycles. The molecule has 2 heterocycles. The number of carbonyl (C=O) groups is 2. The van der Waals surface area contributed by atoms with Crippen molar-refractivity contribution in [3.8, 4) is 28.6 Å². The summed E-state index contributed by atoms with van der Waals surface area (Å²) >= 11 is 0. The largest absolute Gasteiger partial charge is 0.496 e. The van der Waals surface area contributed by atoms with Gasteiger partial charge in [-0.05, 0) is 49.7 Å². The smallest absolute Gasteiger partial charge is 0.337 e. The second-order valence-corrected chi connectivity index (χ2v) is 9.26. The third kappa shape index (κ3) is 7.25. The molecule has 0 radical (unpaired) electrons. The molecule has 2 amide bonds. The number of methoxy groups -OCH3 is 2. The summed E-state index contributed by atoms with van der Waals surface area (Å²) in [4.78, 5) is 35.1. The SMILES string of the molecule is CCOc1cc([C@@H]2NC(=O)NC(C)=C2C(=O)OC)ccc1OC[C@@H](O)N/N=C\c1ccc(-c2ccc([N+](=O)[O-])cc2OC)o1. The summed E-state index contributed by atoms with van der Waals surface area (Å²) in [7, 11) is 2.66. The first kappa shape index (κ1) is 31.4. The number of hydrogen-bond donors (Lipinski definition) is 4. The van der Waals surface area contributed by atoms with Crippen molar-refractivity contribution < 1.29 is 43.0 Å². The molecular formula is C29H31N5O10. The van der Waals surface area contributed by atoms with E-state index in [9.17, 15) is 24.8 Å². The molecule has 1 aromatic heterocycles. The maximum Gasteiger partial charge on any atom is 0.337 e. The van der Waals surface area contributed by atoms with Gasteiger partial charge in [0.25, 0.3) is 5.69 Å². The van der Waals surface area contributed by atoms with Gasteiger partial charge in [0.05, 0.1) is 55.2 Å². The third-order valence-corrected chi connectivity index (χ3v) is 6.38. The van der Waals surface area contributed by atoms with Crippen LogP contribution in [0.4, 0.5) is 10.5 Å². The van der Waals surface area contributed by atoms with Crippen molar-refractivity contribution in [3.05, 3.63) is 81.2 Å². The lowest BCUT2D eigenvalue weighted by Gasteiger charge is -2.28. The Morgan fingerprint density at radius 1 is 1.16 bits per heavy atom. The zero-order valence-corrected chi connectivity index (χ0v) is 24.3. The molecule has 232 valence electrons. The summed E-state index contributed by atoms with van der Waals surface area (Å²) in [6, 6.07) is 11.1. The van der Waals surface area contributed by atoms with Gasteiger partial charge in [-0.15, -0.1) is 0 Å². The molecule has 0 bridgehead atoms. The Morgan fingerprint density at radius 3 is 2.66 bits per heavy atom.